The van der Waals surface area contributed by atoms with Crippen LogP contribution in [0.1, 0.15) is 22.0 Å². The van der Waals surface area contributed by atoms with Crippen LogP contribution >= 0.6 is 0 Å². The van der Waals surface area contributed by atoms with E-state index in [9.17, 15) is 9.59 Å². The van der Waals surface area contributed by atoms with E-state index in [0.29, 0.717) is 35.9 Å². The number of hydrogen-bond donors (Lipinski definition) is 2. The summed E-state index contributed by atoms with van der Waals surface area (Å²) in [6.07, 6.45) is 3.12. The molecular formula is C25H23N5O4. The highest BCUT2D eigenvalue weighted by molar-refractivity contribution is 5.98. The second-order valence-electron chi connectivity index (χ2n) is 8.01. The van der Waals surface area contributed by atoms with E-state index in [4.69, 9.17) is 20.2 Å². The van der Waals surface area contributed by atoms with Gasteiger partial charge in [0.15, 0.2) is 11.3 Å². The quantitative estimate of drug-likeness (QED) is 0.413. The lowest BCUT2D eigenvalue weighted by atomic mass is 9.93. The van der Waals surface area contributed by atoms with Crippen molar-refractivity contribution in [2.45, 2.75) is 5.92 Å². The second kappa shape index (κ2) is 8.43. The molecule has 9 heteroatoms. The van der Waals surface area contributed by atoms with Gasteiger partial charge in [0.25, 0.3) is 5.91 Å². The van der Waals surface area contributed by atoms with Crippen molar-refractivity contribution in [3.63, 3.8) is 0 Å². The third-order valence-corrected chi connectivity index (χ3v) is 5.95. The fraction of sp³-hybridized carbons (Fsp3) is 0.160. The predicted octanol–water partition coefficient (Wildman–Crippen LogP) is 3.34. The molecule has 0 spiro atoms. The summed E-state index contributed by atoms with van der Waals surface area (Å²) in [5, 5.41) is 3.08. The first-order valence-electron chi connectivity index (χ1n) is 10.7. The van der Waals surface area contributed by atoms with Gasteiger partial charge < -0.3 is 20.1 Å². The van der Waals surface area contributed by atoms with Gasteiger partial charge in [-0.3, -0.25) is 14.7 Å². The van der Waals surface area contributed by atoms with E-state index in [1.165, 1.54) is 6.08 Å². The van der Waals surface area contributed by atoms with Crippen molar-refractivity contribution in [3.05, 3.63) is 78.6 Å². The van der Waals surface area contributed by atoms with Gasteiger partial charge in [-0.2, -0.15) is 0 Å². The van der Waals surface area contributed by atoms with Crippen LogP contribution in [0.4, 0.5) is 0 Å². The Morgan fingerprint density at radius 3 is 2.29 bits per heavy atom. The number of methoxy groups -OCH3 is 1. The van der Waals surface area contributed by atoms with Crippen molar-refractivity contribution in [1.82, 2.24) is 19.5 Å². The van der Waals surface area contributed by atoms with Crippen LogP contribution in [0.5, 0.6) is 17.2 Å². The molecule has 1 saturated heterocycles. The molecule has 4 aromatic rings. The van der Waals surface area contributed by atoms with Gasteiger partial charge in [0.05, 0.1) is 7.11 Å². The van der Waals surface area contributed by atoms with Crippen LogP contribution in [-0.4, -0.2) is 51.5 Å². The maximum absolute atomic E-state index is 12.3. The molecule has 0 saturated carbocycles. The van der Waals surface area contributed by atoms with Crippen molar-refractivity contribution >= 4 is 17.5 Å². The highest BCUT2D eigenvalue weighted by Gasteiger charge is 2.34. The number of aromatic amines is 1. The molecule has 1 fully saturated rings. The summed E-state index contributed by atoms with van der Waals surface area (Å²) < 4.78 is 12.6. The number of rotatable bonds is 7. The average molecular weight is 457 g/mol. The van der Waals surface area contributed by atoms with Gasteiger partial charge >= 0.3 is 0 Å². The molecule has 0 atom stereocenters. The smallest absolute Gasteiger partial charge is 0.269 e. The van der Waals surface area contributed by atoms with Crippen molar-refractivity contribution in [3.8, 4) is 28.5 Å². The molecule has 34 heavy (non-hydrogen) atoms. The number of carbonyl (C=O) groups is 2. The normalized spacial score (nSPS) is 13.5. The standard InChI is InChI=1S/C25H23N5O4/c1-3-21(31)29-13-16(14-29)20-12-27-30-23(24(26)32)22(28-25(20)30)15-4-6-18(7-5-15)34-19-10-8-17(33-2)9-11-19/h3-12,16,27H,1,13-14H2,2H3,(H2,26,32). The summed E-state index contributed by atoms with van der Waals surface area (Å²) in [5.41, 5.74) is 8.75. The number of nitrogens with one attached hydrogen (secondary N) is 1. The van der Waals surface area contributed by atoms with Gasteiger partial charge in [-0.1, -0.05) is 6.58 Å². The zero-order valence-corrected chi connectivity index (χ0v) is 18.5. The van der Waals surface area contributed by atoms with Crippen LogP contribution in [0, 0.1) is 0 Å². The molecular weight excluding hydrogens is 434 g/mol. The Labute approximate surface area is 195 Å². The van der Waals surface area contributed by atoms with Gasteiger partial charge in [0, 0.05) is 36.3 Å². The number of ether oxygens (including phenoxy) is 2. The van der Waals surface area contributed by atoms with E-state index in [1.54, 1.807) is 16.5 Å². The lowest BCUT2D eigenvalue weighted by molar-refractivity contribution is -0.130. The van der Waals surface area contributed by atoms with Gasteiger partial charge in [0.2, 0.25) is 5.91 Å². The number of carbonyl (C=O) groups excluding carboxylic acids is 2. The van der Waals surface area contributed by atoms with Crippen molar-refractivity contribution in [2.75, 3.05) is 20.2 Å². The number of primary amides is 1. The molecule has 172 valence electrons. The van der Waals surface area contributed by atoms with Crippen LogP contribution in [-0.2, 0) is 4.79 Å². The zero-order valence-electron chi connectivity index (χ0n) is 18.5. The first-order valence-corrected chi connectivity index (χ1v) is 10.7. The number of likely N-dealkylation sites (tertiary alicyclic amines) is 1. The highest BCUT2D eigenvalue weighted by Crippen LogP contribution is 2.34. The minimum Gasteiger partial charge on any atom is -0.497 e. The molecule has 0 aliphatic carbocycles. The average Bonchev–Trinajstić information content (AvgIpc) is 3.39. The van der Waals surface area contributed by atoms with Gasteiger partial charge in [-0.25, -0.2) is 9.50 Å². The maximum Gasteiger partial charge on any atom is 0.269 e. The molecule has 5 rings (SSSR count). The summed E-state index contributed by atoms with van der Waals surface area (Å²) in [5.74, 6) is 1.50. The largest absolute Gasteiger partial charge is 0.497 e. The molecule has 9 nitrogen and oxygen atoms in total. The molecule has 0 radical (unpaired) electrons. The minimum atomic E-state index is -0.591. The number of hydrogen-bond acceptors (Lipinski definition) is 5. The lowest BCUT2D eigenvalue weighted by Crippen LogP contribution is -2.47. The van der Waals surface area contributed by atoms with Gasteiger partial charge in [-0.05, 0) is 54.6 Å². The fourth-order valence-electron chi connectivity index (χ4n) is 4.11. The Hall–Kier alpha value is -4.53. The highest BCUT2D eigenvalue weighted by atomic mass is 16.5. The van der Waals surface area contributed by atoms with E-state index >= 15 is 0 Å². The Morgan fingerprint density at radius 2 is 1.71 bits per heavy atom. The van der Waals surface area contributed by atoms with Crippen LogP contribution in [0.25, 0.3) is 16.9 Å². The number of H-pyrrole nitrogens is 1. The Balaban J connectivity index is 1.42. The molecule has 0 unspecified atom stereocenters. The van der Waals surface area contributed by atoms with Crippen LogP contribution in [0.15, 0.2) is 67.4 Å². The van der Waals surface area contributed by atoms with Crippen molar-refractivity contribution < 1.29 is 19.1 Å². The monoisotopic (exact) mass is 457 g/mol. The van der Waals surface area contributed by atoms with E-state index < -0.39 is 5.91 Å². The SMILES string of the molecule is C=CC(=O)N1CC(c2c[nH]n3c(C(N)=O)c(-c4ccc(Oc5ccc(OC)cc5)cc4)nc23)C1. The summed E-state index contributed by atoms with van der Waals surface area (Å²) in [6, 6.07) is 14.6. The first-order chi connectivity index (χ1) is 16.5. The summed E-state index contributed by atoms with van der Waals surface area (Å²) in [6.45, 7) is 4.67. The summed E-state index contributed by atoms with van der Waals surface area (Å²) in [7, 11) is 1.61. The number of benzene rings is 2. The van der Waals surface area contributed by atoms with E-state index in [1.807, 2.05) is 54.7 Å². The number of nitrogens with two attached hydrogens (primary N) is 1. The van der Waals surface area contributed by atoms with Crippen LogP contribution in [0.2, 0.25) is 0 Å². The third-order valence-electron chi connectivity index (χ3n) is 5.95. The van der Waals surface area contributed by atoms with E-state index in [-0.39, 0.29) is 17.5 Å². The molecule has 2 aromatic heterocycles. The zero-order chi connectivity index (χ0) is 23.8. The van der Waals surface area contributed by atoms with Crippen molar-refractivity contribution in [2.24, 2.45) is 5.73 Å². The lowest BCUT2D eigenvalue weighted by Gasteiger charge is -2.38. The predicted molar refractivity (Wildman–Crippen MR) is 126 cm³/mol. The molecule has 2 amide bonds. The van der Waals surface area contributed by atoms with Crippen LogP contribution < -0.4 is 15.2 Å². The number of aromatic nitrogens is 3. The second-order valence-corrected chi connectivity index (χ2v) is 8.01. The minimum absolute atomic E-state index is 0.0957. The van der Waals surface area contributed by atoms with Crippen molar-refractivity contribution in [1.29, 1.82) is 0 Å². The third kappa shape index (κ3) is 3.66. The molecule has 2 aromatic carbocycles. The van der Waals surface area contributed by atoms with Gasteiger partial charge in [0.1, 0.15) is 22.9 Å². The number of amides is 2. The van der Waals surface area contributed by atoms with Crippen LogP contribution in [0.3, 0.4) is 0 Å². The molecule has 3 heterocycles. The summed E-state index contributed by atoms with van der Waals surface area (Å²) in [4.78, 5) is 30.5. The topological polar surface area (TPSA) is 115 Å². The Bertz CT molecular complexity index is 1380. The first kappa shape index (κ1) is 21.3. The molecule has 3 N–H and O–H groups in total. The maximum atomic E-state index is 12.3. The Kier molecular flexibility index (Phi) is 5.29. The fourth-order valence-corrected chi connectivity index (χ4v) is 4.11. The van der Waals surface area contributed by atoms with E-state index in [0.717, 1.165) is 16.9 Å². The summed E-state index contributed by atoms with van der Waals surface area (Å²) >= 11 is 0. The molecule has 0 bridgehead atoms. The number of fused-ring (bicyclic) bond motifs is 1. The number of imidazole rings is 1. The Morgan fingerprint density at radius 1 is 1.09 bits per heavy atom. The molecule has 1 aliphatic heterocycles. The molecule has 1 aliphatic rings. The number of nitrogens with zero attached hydrogens (tertiary/aromatic N) is 3. The van der Waals surface area contributed by atoms with Gasteiger partial charge in [-0.15, -0.1) is 0 Å². The van der Waals surface area contributed by atoms with E-state index in [2.05, 4.69) is 11.7 Å².